The number of rotatable bonds is 6. The molecule has 2 atom stereocenters. The summed E-state index contributed by atoms with van der Waals surface area (Å²) in [4.78, 5) is 43.0. The van der Waals surface area contributed by atoms with Crippen LogP contribution in [0.1, 0.15) is 51.5 Å². The molecule has 0 spiro atoms. The number of carbonyl (C=O) groups excluding carboxylic acids is 3. The number of amides is 1. The molecule has 33 heavy (non-hydrogen) atoms. The van der Waals surface area contributed by atoms with Gasteiger partial charge in [-0.3, -0.25) is 14.4 Å². The number of hydrogen-bond donors (Lipinski definition) is 1. The maximum atomic E-state index is 13.1. The van der Waals surface area contributed by atoms with Gasteiger partial charge in [0.2, 0.25) is 0 Å². The number of ketones is 2. The van der Waals surface area contributed by atoms with Gasteiger partial charge in [-0.05, 0) is 56.0 Å². The van der Waals surface area contributed by atoms with Crippen molar-refractivity contribution in [3.63, 3.8) is 0 Å². The lowest BCUT2D eigenvalue weighted by Gasteiger charge is -2.16. The van der Waals surface area contributed by atoms with E-state index in [1.54, 1.807) is 12.1 Å². The van der Waals surface area contributed by atoms with Gasteiger partial charge in [0.1, 0.15) is 17.4 Å². The highest BCUT2D eigenvalue weighted by Crippen LogP contribution is 2.37. The van der Waals surface area contributed by atoms with E-state index in [1.165, 1.54) is 0 Å². The molecule has 0 saturated heterocycles. The minimum absolute atomic E-state index is 0.0244. The average Bonchev–Trinajstić information content (AvgIpc) is 3.07. The lowest BCUT2D eigenvalue weighted by Crippen LogP contribution is -2.28. The third-order valence-electron chi connectivity index (χ3n) is 6.31. The van der Waals surface area contributed by atoms with Crippen LogP contribution >= 0.6 is 0 Å². The van der Waals surface area contributed by atoms with Crippen LogP contribution in [0.2, 0.25) is 0 Å². The van der Waals surface area contributed by atoms with Crippen LogP contribution in [0.25, 0.3) is 11.3 Å². The van der Waals surface area contributed by atoms with Crippen LogP contribution in [0.5, 0.6) is 0 Å². The zero-order valence-corrected chi connectivity index (χ0v) is 19.2. The van der Waals surface area contributed by atoms with Gasteiger partial charge in [-0.25, -0.2) is 4.98 Å². The van der Waals surface area contributed by atoms with Crippen molar-refractivity contribution in [3.05, 3.63) is 88.6 Å². The molecule has 2 unspecified atom stereocenters. The van der Waals surface area contributed by atoms with Crippen molar-refractivity contribution in [3.8, 4) is 11.3 Å². The Balaban J connectivity index is 1.39. The number of carbonyl (C=O) groups is 3. The van der Waals surface area contributed by atoms with E-state index >= 15 is 0 Å². The lowest BCUT2D eigenvalue weighted by molar-refractivity contribution is -0.124. The van der Waals surface area contributed by atoms with Gasteiger partial charge in [-0.2, -0.15) is 0 Å². The molecule has 1 heterocycles. The van der Waals surface area contributed by atoms with Gasteiger partial charge in [0, 0.05) is 24.4 Å². The Bertz CT molecular complexity index is 1190. The summed E-state index contributed by atoms with van der Waals surface area (Å²) in [6, 6.07) is 19.1. The zero-order valence-electron chi connectivity index (χ0n) is 19.2. The highest BCUT2D eigenvalue weighted by atomic mass is 16.2. The number of nitrogens with one attached hydrogen (secondary N) is 1. The van der Waals surface area contributed by atoms with Gasteiger partial charge in [0.15, 0.2) is 5.78 Å². The Kier molecular flexibility index (Phi) is 6.50. The summed E-state index contributed by atoms with van der Waals surface area (Å²) in [7, 11) is 0. The number of hydrogen-bond acceptors (Lipinski definition) is 4. The smallest absolute Gasteiger partial charge is 0.269 e. The van der Waals surface area contributed by atoms with Crippen molar-refractivity contribution < 1.29 is 14.4 Å². The third kappa shape index (κ3) is 4.77. The van der Waals surface area contributed by atoms with Crippen LogP contribution in [0.3, 0.4) is 0 Å². The highest BCUT2D eigenvalue weighted by Gasteiger charge is 2.42. The number of nitrogens with zero attached hydrogens (tertiary/aromatic N) is 1. The normalized spacial score (nSPS) is 17.9. The van der Waals surface area contributed by atoms with Crippen molar-refractivity contribution in [2.75, 3.05) is 6.54 Å². The summed E-state index contributed by atoms with van der Waals surface area (Å²) in [5, 5.41) is 2.86. The molecule has 1 aliphatic rings. The molecule has 1 N–H and O–H groups in total. The number of aryl methyl sites for hydroxylation is 3. The second-order valence-corrected chi connectivity index (χ2v) is 8.83. The Hall–Kier alpha value is -3.60. The molecule has 0 aliphatic heterocycles. The quantitative estimate of drug-likeness (QED) is 0.562. The van der Waals surface area contributed by atoms with E-state index in [1.807, 2.05) is 69.3 Å². The van der Waals surface area contributed by atoms with E-state index in [0.717, 1.165) is 33.5 Å². The lowest BCUT2D eigenvalue weighted by atomic mass is 9.86. The van der Waals surface area contributed by atoms with Gasteiger partial charge in [0.05, 0.1) is 5.69 Å². The van der Waals surface area contributed by atoms with Crippen molar-refractivity contribution in [2.24, 2.45) is 5.92 Å². The molecule has 168 valence electrons. The van der Waals surface area contributed by atoms with Crippen LogP contribution in [0.4, 0.5) is 0 Å². The Labute approximate surface area is 194 Å². The van der Waals surface area contributed by atoms with Crippen molar-refractivity contribution in [1.82, 2.24) is 10.3 Å². The van der Waals surface area contributed by atoms with Gasteiger partial charge in [-0.1, -0.05) is 54.1 Å². The summed E-state index contributed by atoms with van der Waals surface area (Å²) < 4.78 is 0. The van der Waals surface area contributed by atoms with E-state index in [-0.39, 0.29) is 29.8 Å². The standard InChI is InChI=1S/C28H28N2O3/c1-17-14-18(2)25(19(3)15-17)26-24(31)16-21(27(26)32)12-13-29-28(33)23-11-7-10-22(30-23)20-8-5-4-6-9-20/h4-11,14-15,21,26H,12-13,16H2,1-3H3,(H,29,33). The molecule has 1 fully saturated rings. The molecule has 1 aromatic heterocycles. The first kappa shape index (κ1) is 22.6. The second-order valence-electron chi connectivity index (χ2n) is 8.83. The summed E-state index contributed by atoms with van der Waals surface area (Å²) in [5.74, 6) is -1.40. The predicted molar refractivity (Wildman–Crippen MR) is 128 cm³/mol. The van der Waals surface area contributed by atoms with Gasteiger partial charge in [0.25, 0.3) is 5.91 Å². The fourth-order valence-corrected chi connectivity index (χ4v) is 4.83. The van der Waals surface area contributed by atoms with Crippen LogP contribution in [0, 0.1) is 26.7 Å². The van der Waals surface area contributed by atoms with Crippen LogP contribution in [-0.2, 0) is 9.59 Å². The maximum absolute atomic E-state index is 13.1. The SMILES string of the molecule is Cc1cc(C)c(C2C(=O)CC(CCNC(=O)c3cccc(-c4ccccc4)n3)C2=O)c(C)c1. The molecular formula is C28H28N2O3. The summed E-state index contributed by atoms with van der Waals surface area (Å²) >= 11 is 0. The summed E-state index contributed by atoms with van der Waals surface area (Å²) in [6.45, 7) is 6.25. The van der Waals surface area contributed by atoms with E-state index in [9.17, 15) is 14.4 Å². The number of pyridine rings is 1. The van der Waals surface area contributed by atoms with E-state index < -0.39 is 5.92 Å². The predicted octanol–water partition coefficient (Wildman–Crippen LogP) is 4.74. The number of aromatic nitrogens is 1. The molecule has 0 radical (unpaired) electrons. The largest absolute Gasteiger partial charge is 0.351 e. The zero-order chi connectivity index (χ0) is 23.5. The molecule has 1 saturated carbocycles. The fourth-order valence-electron chi connectivity index (χ4n) is 4.83. The minimum atomic E-state index is -0.685. The molecule has 4 rings (SSSR count). The molecule has 0 bridgehead atoms. The first-order valence-corrected chi connectivity index (χ1v) is 11.3. The van der Waals surface area contributed by atoms with Gasteiger partial charge in [-0.15, -0.1) is 0 Å². The molecule has 3 aromatic rings. The van der Waals surface area contributed by atoms with E-state index in [0.29, 0.717) is 18.7 Å². The summed E-state index contributed by atoms with van der Waals surface area (Å²) in [6.07, 6.45) is 0.670. The van der Waals surface area contributed by atoms with Crippen molar-refractivity contribution in [1.29, 1.82) is 0 Å². The van der Waals surface area contributed by atoms with Crippen molar-refractivity contribution >= 4 is 17.5 Å². The third-order valence-corrected chi connectivity index (χ3v) is 6.31. The first-order valence-electron chi connectivity index (χ1n) is 11.3. The average molecular weight is 441 g/mol. The first-order chi connectivity index (χ1) is 15.8. The van der Waals surface area contributed by atoms with Crippen LogP contribution < -0.4 is 5.32 Å². The highest BCUT2D eigenvalue weighted by molar-refractivity contribution is 6.15. The molecular weight excluding hydrogens is 412 g/mol. The molecule has 5 nitrogen and oxygen atoms in total. The molecule has 2 aromatic carbocycles. The Morgan fingerprint density at radius 1 is 0.970 bits per heavy atom. The topological polar surface area (TPSA) is 76.1 Å². The Morgan fingerprint density at radius 3 is 2.36 bits per heavy atom. The summed E-state index contributed by atoms with van der Waals surface area (Å²) in [5.41, 5.74) is 5.94. The van der Waals surface area contributed by atoms with E-state index in [2.05, 4.69) is 10.3 Å². The fraction of sp³-hybridized carbons (Fsp3) is 0.286. The maximum Gasteiger partial charge on any atom is 0.269 e. The van der Waals surface area contributed by atoms with Crippen LogP contribution in [0.15, 0.2) is 60.7 Å². The monoisotopic (exact) mass is 440 g/mol. The van der Waals surface area contributed by atoms with E-state index in [4.69, 9.17) is 0 Å². The van der Waals surface area contributed by atoms with Gasteiger partial charge < -0.3 is 5.32 Å². The second kappa shape index (κ2) is 9.49. The number of benzene rings is 2. The molecule has 5 heteroatoms. The Morgan fingerprint density at radius 2 is 1.67 bits per heavy atom. The van der Waals surface area contributed by atoms with Crippen molar-refractivity contribution in [2.45, 2.75) is 39.5 Å². The number of Topliss-reactive ketones (excluding diaryl/α,β-unsaturated/α-hetero) is 2. The van der Waals surface area contributed by atoms with Gasteiger partial charge >= 0.3 is 0 Å². The minimum Gasteiger partial charge on any atom is -0.351 e. The van der Waals surface area contributed by atoms with Crippen LogP contribution in [-0.4, -0.2) is 29.0 Å². The molecule has 1 aliphatic carbocycles. The molecule has 1 amide bonds.